The van der Waals surface area contributed by atoms with E-state index in [1.807, 2.05) is 0 Å². The van der Waals surface area contributed by atoms with Gasteiger partial charge in [-0.1, -0.05) is 220 Å². The molecule has 2 heteroatoms. The molecule has 0 aliphatic heterocycles. The Morgan fingerprint density at radius 2 is 0.886 bits per heavy atom. The van der Waals surface area contributed by atoms with E-state index in [9.17, 15) is 0 Å². The van der Waals surface area contributed by atoms with Crippen LogP contribution in [0.2, 0.25) is 0 Å². The van der Waals surface area contributed by atoms with Crippen LogP contribution in [0.3, 0.4) is 0 Å². The lowest BCUT2D eigenvalue weighted by Crippen LogP contribution is -2.28. The first-order valence-electron chi connectivity index (χ1n) is 24.4. The molecule has 2 aliphatic carbocycles. The quantitative estimate of drug-likeness (QED) is 0.158. The summed E-state index contributed by atoms with van der Waals surface area (Å²) in [4.78, 5) is 2.46. The smallest absolute Gasteiger partial charge is 0.143 e. The second-order valence-corrected chi connectivity index (χ2v) is 19.5. The fraction of sp³-hybridized carbons (Fsp3) is 0.0588. The summed E-state index contributed by atoms with van der Waals surface area (Å²) in [6, 6.07) is 91.7. The Hall–Kier alpha value is -8.72. The maximum Gasteiger partial charge on any atom is 0.143 e. The van der Waals surface area contributed by atoms with Crippen LogP contribution in [0.25, 0.3) is 77.2 Å². The topological polar surface area (TPSA) is 16.4 Å². The third-order valence-corrected chi connectivity index (χ3v) is 15.6. The van der Waals surface area contributed by atoms with Crippen molar-refractivity contribution in [1.82, 2.24) is 0 Å². The van der Waals surface area contributed by atoms with Crippen LogP contribution in [0.15, 0.2) is 253 Å². The Morgan fingerprint density at radius 1 is 0.343 bits per heavy atom. The van der Waals surface area contributed by atoms with E-state index in [1.165, 1.54) is 72.1 Å². The highest BCUT2D eigenvalue weighted by Gasteiger charge is 2.47. The molecule has 330 valence electrons. The van der Waals surface area contributed by atoms with Gasteiger partial charge in [-0.05, 0) is 115 Å². The minimum atomic E-state index is -0.527. The number of anilines is 3. The molecule has 0 saturated carbocycles. The lowest BCUT2D eigenvalue weighted by Gasteiger charge is -2.34. The van der Waals surface area contributed by atoms with Gasteiger partial charge in [0.2, 0.25) is 0 Å². The molecular weight excluding hydrogens is 847 g/mol. The molecule has 70 heavy (non-hydrogen) atoms. The summed E-state index contributed by atoms with van der Waals surface area (Å²) in [5, 5.41) is 4.56. The SMILES string of the molecule is CC1(C)c2ccccc2-c2cc(-c3ccc(N(c4ccc(-c5cccc6c5oc5c7ccccc7ccc65)cc4)c4cccc5c4-c4ccccc4C5(c4ccccc4)c4ccccc4)cc3)ccc21. The monoisotopic (exact) mass is 893 g/mol. The Balaban J connectivity index is 0.949. The number of benzene rings is 11. The van der Waals surface area contributed by atoms with Crippen molar-refractivity contribution in [3.8, 4) is 44.5 Å². The van der Waals surface area contributed by atoms with Crippen molar-refractivity contribution in [2.24, 2.45) is 0 Å². The van der Waals surface area contributed by atoms with E-state index in [2.05, 4.69) is 267 Å². The molecule has 0 fully saturated rings. The number of nitrogens with zero attached hydrogens (tertiary/aromatic N) is 1. The molecule has 1 heterocycles. The van der Waals surface area contributed by atoms with Crippen molar-refractivity contribution in [2.45, 2.75) is 24.7 Å². The van der Waals surface area contributed by atoms with Gasteiger partial charge in [-0.15, -0.1) is 0 Å². The highest BCUT2D eigenvalue weighted by molar-refractivity contribution is 6.17. The Morgan fingerprint density at radius 3 is 1.63 bits per heavy atom. The van der Waals surface area contributed by atoms with Crippen LogP contribution in [0.5, 0.6) is 0 Å². The summed E-state index contributed by atoms with van der Waals surface area (Å²) in [7, 11) is 0. The van der Waals surface area contributed by atoms with Gasteiger partial charge < -0.3 is 9.32 Å². The molecule has 0 atom stereocenters. The standard InChI is InChI=1S/C68H47NO/c1-67(2)59-27-13-11-23-54(59)58-43-47(36-42-60(58)67)44-31-37-50(38-32-44)69(51-39-33-46(34-40-51)53-25-15-26-55-56-41-35-45-17-9-10-22-52(45)66(56)70-65(53)55)63-30-16-29-62-64(63)57-24-12-14-28-61(57)68(62,48-18-5-3-6-19-48)49-20-7-4-8-21-49/h3-43H,1-2H3. The van der Waals surface area contributed by atoms with Gasteiger partial charge >= 0.3 is 0 Å². The van der Waals surface area contributed by atoms with Gasteiger partial charge in [-0.25, -0.2) is 0 Å². The molecule has 0 N–H and O–H groups in total. The van der Waals surface area contributed by atoms with Gasteiger partial charge in [0, 0.05) is 44.1 Å². The summed E-state index contributed by atoms with van der Waals surface area (Å²) >= 11 is 0. The summed E-state index contributed by atoms with van der Waals surface area (Å²) in [6.07, 6.45) is 0. The maximum atomic E-state index is 6.83. The Bertz CT molecular complexity index is 3970. The molecule has 12 aromatic rings. The summed E-state index contributed by atoms with van der Waals surface area (Å²) in [5.41, 5.74) is 22.1. The van der Waals surface area contributed by atoms with Crippen molar-refractivity contribution >= 4 is 49.8 Å². The molecule has 0 bridgehead atoms. The predicted octanol–water partition coefficient (Wildman–Crippen LogP) is 18.2. The van der Waals surface area contributed by atoms with Crippen molar-refractivity contribution in [1.29, 1.82) is 0 Å². The highest BCUT2D eigenvalue weighted by atomic mass is 16.3. The number of hydrogen-bond donors (Lipinski definition) is 0. The molecule has 2 aliphatic rings. The lowest BCUT2D eigenvalue weighted by atomic mass is 9.68. The fourth-order valence-corrected chi connectivity index (χ4v) is 12.3. The van der Waals surface area contributed by atoms with E-state index in [4.69, 9.17) is 4.42 Å². The van der Waals surface area contributed by atoms with Crippen molar-refractivity contribution in [3.05, 3.63) is 282 Å². The van der Waals surface area contributed by atoms with E-state index >= 15 is 0 Å². The van der Waals surface area contributed by atoms with Crippen LogP contribution in [-0.4, -0.2) is 0 Å². The lowest BCUT2D eigenvalue weighted by molar-refractivity contribution is 0.660. The first-order valence-corrected chi connectivity index (χ1v) is 24.4. The zero-order valence-electron chi connectivity index (χ0n) is 39.0. The third-order valence-electron chi connectivity index (χ3n) is 15.6. The molecule has 1 aromatic heterocycles. The van der Waals surface area contributed by atoms with Crippen LogP contribution in [0, 0.1) is 0 Å². The fourth-order valence-electron chi connectivity index (χ4n) is 12.3. The van der Waals surface area contributed by atoms with Gasteiger partial charge in [-0.2, -0.15) is 0 Å². The zero-order valence-corrected chi connectivity index (χ0v) is 39.0. The first kappa shape index (κ1) is 40.4. The molecule has 0 amide bonds. The van der Waals surface area contributed by atoms with Crippen LogP contribution < -0.4 is 4.90 Å². The number of para-hydroxylation sites is 1. The minimum Gasteiger partial charge on any atom is -0.455 e. The molecule has 0 spiro atoms. The van der Waals surface area contributed by atoms with Gasteiger partial charge in [0.15, 0.2) is 0 Å². The zero-order chi connectivity index (χ0) is 46.6. The van der Waals surface area contributed by atoms with Crippen LogP contribution >= 0.6 is 0 Å². The molecule has 0 unspecified atom stereocenters. The van der Waals surface area contributed by atoms with Crippen LogP contribution in [0.1, 0.15) is 47.2 Å². The number of fused-ring (bicyclic) bond motifs is 11. The molecule has 0 radical (unpaired) electrons. The van der Waals surface area contributed by atoms with E-state index < -0.39 is 5.41 Å². The second-order valence-electron chi connectivity index (χ2n) is 19.5. The van der Waals surface area contributed by atoms with Crippen molar-refractivity contribution in [3.63, 3.8) is 0 Å². The highest BCUT2D eigenvalue weighted by Crippen LogP contribution is 2.60. The molecular formula is C68H47NO. The van der Waals surface area contributed by atoms with E-state index in [-0.39, 0.29) is 5.41 Å². The summed E-state index contributed by atoms with van der Waals surface area (Å²) < 4.78 is 6.83. The van der Waals surface area contributed by atoms with Gasteiger partial charge in [-0.3, -0.25) is 0 Å². The first-order chi connectivity index (χ1) is 34.5. The van der Waals surface area contributed by atoms with E-state index in [0.29, 0.717) is 0 Å². The van der Waals surface area contributed by atoms with Crippen LogP contribution in [-0.2, 0) is 10.8 Å². The average Bonchev–Trinajstić information content (AvgIpc) is 4.04. The third kappa shape index (κ3) is 5.80. The van der Waals surface area contributed by atoms with Crippen molar-refractivity contribution in [2.75, 3.05) is 4.90 Å². The predicted molar refractivity (Wildman–Crippen MR) is 292 cm³/mol. The van der Waals surface area contributed by atoms with E-state index in [1.54, 1.807) is 0 Å². The summed E-state index contributed by atoms with van der Waals surface area (Å²) in [5.74, 6) is 0. The molecule has 2 nitrogen and oxygen atoms in total. The van der Waals surface area contributed by atoms with Crippen molar-refractivity contribution < 1.29 is 4.42 Å². The number of hydrogen-bond acceptors (Lipinski definition) is 2. The Labute approximate surface area is 408 Å². The normalized spacial score (nSPS) is 13.8. The molecule has 11 aromatic carbocycles. The minimum absolute atomic E-state index is 0.0367. The van der Waals surface area contributed by atoms with Gasteiger partial charge in [0.1, 0.15) is 11.2 Å². The largest absolute Gasteiger partial charge is 0.455 e. The number of rotatable bonds is 7. The van der Waals surface area contributed by atoms with Gasteiger partial charge in [0.05, 0.1) is 11.1 Å². The Kier molecular flexibility index (Phi) is 8.88. The second kappa shape index (κ2) is 15.4. The molecule has 0 saturated heterocycles. The average molecular weight is 894 g/mol. The van der Waals surface area contributed by atoms with Crippen LogP contribution in [0.4, 0.5) is 17.1 Å². The number of furan rings is 1. The van der Waals surface area contributed by atoms with Gasteiger partial charge in [0.25, 0.3) is 0 Å². The van der Waals surface area contributed by atoms with E-state index in [0.717, 1.165) is 55.5 Å². The molecule has 14 rings (SSSR count). The summed E-state index contributed by atoms with van der Waals surface area (Å²) in [6.45, 7) is 4.69. The maximum absolute atomic E-state index is 6.83.